The number of likely N-dealkylation sites (tertiary alicyclic amines) is 2. The fourth-order valence-corrected chi connectivity index (χ4v) is 6.84. The van der Waals surface area contributed by atoms with Gasteiger partial charge in [-0.1, -0.05) is 67.9 Å². The van der Waals surface area contributed by atoms with E-state index in [2.05, 4.69) is 42.8 Å². The fourth-order valence-electron chi connectivity index (χ4n) is 6.72. The van der Waals surface area contributed by atoms with Gasteiger partial charge < -0.3 is 20.9 Å². The molecule has 0 unspecified atom stereocenters. The number of carbonyl (C=O) groups excluding carboxylic acids is 2. The van der Waals surface area contributed by atoms with Crippen molar-refractivity contribution >= 4 is 23.4 Å². The van der Waals surface area contributed by atoms with Crippen LogP contribution in [-0.2, 0) is 16.0 Å². The first-order valence-electron chi connectivity index (χ1n) is 16.2. The van der Waals surface area contributed by atoms with Gasteiger partial charge in [-0.05, 0) is 81.8 Å². The van der Waals surface area contributed by atoms with E-state index in [9.17, 15) is 9.59 Å². The highest BCUT2D eigenvalue weighted by molar-refractivity contribution is 6.30. The lowest BCUT2D eigenvalue weighted by Gasteiger charge is -2.46. The number of hydrogen-bond donors (Lipinski definition) is 2. The number of carbonyl (C=O) groups is 2. The Hall–Kier alpha value is -2.45. The van der Waals surface area contributed by atoms with E-state index in [1.165, 1.54) is 12.8 Å². The molecule has 7 nitrogen and oxygen atoms in total. The van der Waals surface area contributed by atoms with E-state index in [0.29, 0.717) is 48.6 Å². The Morgan fingerprint density at radius 3 is 2.05 bits per heavy atom. The van der Waals surface area contributed by atoms with Crippen molar-refractivity contribution in [2.75, 3.05) is 32.7 Å². The van der Waals surface area contributed by atoms with Crippen LogP contribution in [0.15, 0.2) is 54.6 Å². The molecule has 236 valence electrons. The van der Waals surface area contributed by atoms with E-state index in [1.807, 2.05) is 59.5 Å². The zero-order valence-corrected chi connectivity index (χ0v) is 27.3. The molecule has 0 aromatic heterocycles. The van der Waals surface area contributed by atoms with E-state index in [4.69, 9.17) is 17.3 Å². The summed E-state index contributed by atoms with van der Waals surface area (Å²) >= 11 is 6.11. The van der Waals surface area contributed by atoms with E-state index in [1.54, 1.807) is 0 Å². The molecule has 43 heavy (non-hydrogen) atoms. The van der Waals surface area contributed by atoms with Gasteiger partial charge in [-0.15, -0.1) is 0 Å². The number of hydrogen-bond acceptors (Lipinski definition) is 5. The van der Waals surface area contributed by atoms with Crippen molar-refractivity contribution in [1.82, 2.24) is 20.0 Å². The lowest BCUT2D eigenvalue weighted by Crippen LogP contribution is -2.56. The molecule has 3 N–H and O–H groups in total. The van der Waals surface area contributed by atoms with Crippen LogP contribution in [0.1, 0.15) is 77.0 Å². The van der Waals surface area contributed by atoms with Crippen molar-refractivity contribution in [2.24, 2.45) is 11.7 Å². The second-order valence-electron chi connectivity index (χ2n) is 13.2. The maximum absolute atomic E-state index is 14.0. The minimum Gasteiger partial charge on any atom is -0.344 e. The van der Waals surface area contributed by atoms with Crippen LogP contribution in [0.5, 0.6) is 0 Å². The van der Waals surface area contributed by atoms with Crippen molar-refractivity contribution < 1.29 is 9.59 Å². The molecule has 4 rings (SSSR count). The molecule has 2 heterocycles. The average molecular weight is 610 g/mol. The summed E-state index contributed by atoms with van der Waals surface area (Å²) in [6.45, 7) is 14.0. The van der Waals surface area contributed by atoms with Gasteiger partial charge in [-0.3, -0.25) is 14.5 Å². The summed E-state index contributed by atoms with van der Waals surface area (Å²) < 4.78 is 0. The molecule has 2 fully saturated rings. The van der Waals surface area contributed by atoms with Gasteiger partial charge in [0.05, 0.1) is 0 Å². The lowest BCUT2D eigenvalue weighted by atomic mass is 9.94. The Balaban J connectivity index is 1.40. The Morgan fingerprint density at radius 2 is 1.49 bits per heavy atom. The molecule has 2 saturated heterocycles. The number of rotatable bonds is 12. The highest BCUT2D eigenvalue weighted by Crippen LogP contribution is 2.27. The third kappa shape index (κ3) is 9.77. The molecule has 2 amide bonds. The maximum atomic E-state index is 14.0. The highest BCUT2D eigenvalue weighted by atomic mass is 35.5. The minimum absolute atomic E-state index is 0.0179. The van der Waals surface area contributed by atoms with Gasteiger partial charge in [-0.25, -0.2) is 0 Å². The first kappa shape index (κ1) is 33.4. The van der Waals surface area contributed by atoms with Crippen LogP contribution >= 0.6 is 11.6 Å². The van der Waals surface area contributed by atoms with Crippen molar-refractivity contribution in [1.29, 1.82) is 0 Å². The molecule has 0 radical (unpaired) electrons. The molecule has 2 aromatic carbocycles. The normalized spacial score (nSPS) is 18.8. The number of piperidine rings is 2. The summed E-state index contributed by atoms with van der Waals surface area (Å²) in [6, 6.07) is 17.7. The molecule has 0 bridgehead atoms. The van der Waals surface area contributed by atoms with Gasteiger partial charge >= 0.3 is 0 Å². The number of amides is 2. The predicted molar refractivity (Wildman–Crippen MR) is 176 cm³/mol. The van der Waals surface area contributed by atoms with Gasteiger partial charge in [0.25, 0.3) is 0 Å². The first-order chi connectivity index (χ1) is 20.6. The van der Waals surface area contributed by atoms with Crippen molar-refractivity contribution in [3.63, 3.8) is 0 Å². The summed E-state index contributed by atoms with van der Waals surface area (Å²) in [5.74, 6) is 0.370. The quantitative estimate of drug-likeness (QED) is 0.342. The Labute approximate surface area is 264 Å². The smallest absolute Gasteiger partial charge is 0.245 e. The number of nitrogens with one attached hydrogen (secondary N) is 1. The Bertz CT molecular complexity index is 1140. The van der Waals surface area contributed by atoms with Crippen LogP contribution in [0.2, 0.25) is 5.02 Å². The van der Waals surface area contributed by atoms with Crippen LogP contribution in [0.3, 0.4) is 0 Å². The molecule has 0 saturated carbocycles. The number of halogens is 1. The van der Waals surface area contributed by atoms with Gasteiger partial charge in [0, 0.05) is 61.7 Å². The topological polar surface area (TPSA) is 81.9 Å². The Morgan fingerprint density at radius 1 is 0.907 bits per heavy atom. The average Bonchev–Trinajstić information content (AvgIpc) is 3.00. The zero-order valence-electron chi connectivity index (χ0n) is 26.6. The van der Waals surface area contributed by atoms with Crippen molar-refractivity contribution in [2.45, 2.75) is 96.4 Å². The van der Waals surface area contributed by atoms with Crippen LogP contribution in [0.4, 0.5) is 0 Å². The van der Waals surface area contributed by atoms with Gasteiger partial charge in [-0.2, -0.15) is 0 Å². The Kier molecular flexibility index (Phi) is 12.5. The predicted octanol–water partition coefficient (Wildman–Crippen LogP) is 5.28. The van der Waals surface area contributed by atoms with Crippen LogP contribution in [0, 0.1) is 5.92 Å². The molecule has 2 aliphatic heterocycles. The summed E-state index contributed by atoms with van der Waals surface area (Å²) in [6.07, 6.45) is 4.88. The van der Waals surface area contributed by atoms with Crippen LogP contribution in [0.25, 0.3) is 0 Å². The highest BCUT2D eigenvalue weighted by Gasteiger charge is 2.35. The van der Waals surface area contributed by atoms with Crippen LogP contribution in [-0.4, -0.2) is 83.4 Å². The van der Waals surface area contributed by atoms with Crippen molar-refractivity contribution in [3.05, 3.63) is 70.7 Å². The minimum atomic E-state index is -0.652. The summed E-state index contributed by atoms with van der Waals surface area (Å²) in [7, 11) is 0. The molecule has 0 aliphatic carbocycles. The molecule has 2 aliphatic rings. The SMILES string of the molecule is CC(C)CN(C1CCN(C(=O)[C@@H](Cc2ccc(Cl)cc2)NC(=O)C[C@H](N)c2ccccc2)CC1)C1CCN(C(C)C)CC1. The fraction of sp³-hybridized carbons (Fsp3) is 0.600. The van der Waals surface area contributed by atoms with Gasteiger partial charge in [0.1, 0.15) is 6.04 Å². The van der Waals surface area contributed by atoms with E-state index >= 15 is 0 Å². The molecule has 0 spiro atoms. The second-order valence-corrected chi connectivity index (χ2v) is 13.6. The molecular weight excluding hydrogens is 558 g/mol. The van der Waals surface area contributed by atoms with Gasteiger partial charge in [0.2, 0.25) is 11.8 Å². The molecular formula is C35H52ClN5O2. The summed E-state index contributed by atoms with van der Waals surface area (Å²) in [5.41, 5.74) is 8.21. The summed E-state index contributed by atoms with van der Waals surface area (Å²) in [5, 5.41) is 3.69. The zero-order chi connectivity index (χ0) is 30.9. The largest absolute Gasteiger partial charge is 0.344 e. The van der Waals surface area contributed by atoms with E-state index < -0.39 is 12.1 Å². The molecule has 8 heteroatoms. The number of nitrogens with two attached hydrogens (primary N) is 1. The van der Waals surface area contributed by atoms with Gasteiger partial charge in [0.15, 0.2) is 0 Å². The number of benzene rings is 2. The summed E-state index contributed by atoms with van der Waals surface area (Å²) in [4.78, 5) is 34.4. The lowest BCUT2D eigenvalue weighted by molar-refractivity contribution is -0.138. The van der Waals surface area contributed by atoms with E-state index in [0.717, 1.165) is 43.6 Å². The molecule has 2 atom stereocenters. The standard InChI is InChI=1S/C35H52ClN5O2/c1-25(2)24-41(30-14-18-39(19-15-30)26(3)4)31-16-20-40(21-17-31)35(43)33(22-27-10-12-29(36)13-11-27)38-34(42)23-32(37)28-8-6-5-7-9-28/h5-13,25-26,30-33H,14-24,37H2,1-4H3,(H,38,42)/t32-,33+/m0/s1. The molecule has 2 aromatic rings. The second kappa shape index (κ2) is 16.0. The van der Waals surface area contributed by atoms with Crippen molar-refractivity contribution in [3.8, 4) is 0 Å². The first-order valence-corrected chi connectivity index (χ1v) is 16.6. The maximum Gasteiger partial charge on any atom is 0.245 e. The monoisotopic (exact) mass is 609 g/mol. The third-order valence-corrected chi connectivity index (χ3v) is 9.39. The number of nitrogens with zero attached hydrogens (tertiary/aromatic N) is 3. The van der Waals surface area contributed by atoms with Crippen LogP contribution < -0.4 is 11.1 Å². The third-order valence-electron chi connectivity index (χ3n) is 9.14. The van der Waals surface area contributed by atoms with E-state index in [-0.39, 0.29) is 18.2 Å².